The van der Waals surface area contributed by atoms with Crippen molar-refractivity contribution in [1.82, 2.24) is 25.2 Å². The number of nitrogens with zero attached hydrogens (tertiary/aromatic N) is 5. The van der Waals surface area contributed by atoms with Gasteiger partial charge in [-0.2, -0.15) is 23.1 Å². The number of aromatic hydroxyl groups is 1. The first kappa shape index (κ1) is 26.6. The summed E-state index contributed by atoms with van der Waals surface area (Å²) in [5, 5.41) is 13.6. The van der Waals surface area contributed by atoms with Crippen molar-refractivity contribution < 1.29 is 31.8 Å². The summed E-state index contributed by atoms with van der Waals surface area (Å²) in [5.41, 5.74) is -3.80. The Kier molecular flexibility index (Phi) is 6.23. The van der Waals surface area contributed by atoms with Gasteiger partial charge in [-0.3, -0.25) is 9.88 Å². The highest BCUT2D eigenvalue weighted by Gasteiger charge is 2.45. The topological polar surface area (TPSA) is 86.6 Å². The van der Waals surface area contributed by atoms with Gasteiger partial charge in [0.15, 0.2) is 5.82 Å². The van der Waals surface area contributed by atoms with Gasteiger partial charge in [-0.1, -0.05) is 0 Å². The Morgan fingerprint density at radius 3 is 2.44 bits per heavy atom. The highest BCUT2D eigenvalue weighted by molar-refractivity contribution is 5.92. The fraction of sp³-hybridized carbons (Fsp3) is 0.536. The number of pyridine rings is 1. The van der Waals surface area contributed by atoms with Crippen LogP contribution in [0.2, 0.25) is 0 Å². The van der Waals surface area contributed by atoms with E-state index in [9.17, 15) is 22.7 Å². The Morgan fingerprint density at radius 2 is 1.76 bits per heavy atom. The van der Waals surface area contributed by atoms with E-state index < -0.39 is 40.4 Å². The summed E-state index contributed by atoms with van der Waals surface area (Å²) in [7, 11) is 0. The molecule has 4 aliphatic heterocycles. The second kappa shape index (κ2) is 9.62. The molecule has 4 aliphatic rings. The Hall–Kier alpha value is -3.32. The maximum Gasteiger partial charge on any atom is 0.419 e. The molecule has 2 atom stereocenters. The lowest BCUT2D eigenvalue weighted by Crippen LogP contribution is -2.51. The summed E-state index contributed by atoms with van der Waals surface area (Å²) in [6, 6.07) is 1.39. The van der Waals surface area contributed by atoms with Crippen molar-refractivity contribution in [1.29, 1.82) is 0 Å². The summed E-state index contributed by atoms with van der Waals surface area (Å²) < 4.78 is 78.3. The molecule has 41 heavy (non-hydrogen) atoms. The van der Waals surface area contributed by atoms with Gasteiger partial charge in [-0.25, -0.2) is 8.78 Å². The van der Waals surface area contributed by atoms with Gasteiger partial charge in [0, 0.05) is 43.0 Å². The summed E-state index contributed by atoms with van der Waals surface area (Å²) in [6.45, 7) is 3.52. The Balaban J connectivity index is 1.35. The molecule has 218 valence electrons. The monoisotopic (exact) mass is 576 g/mol. The number of hydrogen-bond acceptors (Lipinski definition) is 8. The van der Waals surface area contributed by atoms with Crippen LogP contribution in [0.1, 0.15) is 44.1 Å². The van der Waals surface area contributed by atoms with E-state index in [-0.39, 0.29) is 34.5 Å². The Morgan fingerprint density at radius 1 is 1.05 bits per heavy atom. The second-order valence-electron chi connectivity index (χ2n) is 11.6. The first-order chi connectivity index (χ1) is 19.6. The van der Waals surface area contributed by atoms with Crippen molar-refractivity contribution in [2.75, 3.05) is 37.7 Å². The minimum absolute atomic E-state index is 0.0688. The number of ether oxygens (including phenoxy) is 1. The van der Waals surface area contributed by atoms with E-state index in [0.717, 1.165) is 51.6 Å². The number of hydrogen-bond donors (Lipinski definition) is 2. The molecule has 8 nitrogen and oxygen atoms in total. The van der Waals surface area contributed by atoms with Crippen LogP contribution in [-0.4, -0.2) is 75.4 Å². The molecular formula is C28H29F5N6O2. The van der Waals surface area contributed by atoms with Gasteiger partial charge in [0.1, 0.15) is 40.8 Å². The molecule has 4 fully saturated rings. The van der Waals surface area contributed by atoms with E-state index in [4.69, 9.17) is 4.74 Å². The minimum atomic E-state index is -5.16. The van der Waals surface area contributed by atoms with Crippen LogP contribution in [0.5, 0.6) is 11.8 Å². The molecule has 4 saturated heterocycles. The molecule has 13 heteroatoms. The van der Waals surface area contributed by atoms with Gasteiger partial charge in [0.05, 0.1) is 10.9 Å². The van der Waals surface area contributed by atoms with Gasteiger partial charge in [-0.15, -0.1) is 0 Å². The molecule has 1 aromatic carbocycles. The summed E-state index contributed by atoms with van der Waals surface area (Å²) in [6.07, 6.45) is 2.10. The normalized spacial score (nSPS) is 23.9. The zero-order chi connectivity index (χ0) is 28.5. The predicted molar refractivity (Wildman–Crippen MR) is 140 cm³/mol. The Bertz CT molecular complexity index is 1500. The number of alkyl halides is 3. The molecule has 2 N–H and O–H groups in total. The first-order valence-electron chi connectivity index (χ1n) is 14.0. The van der Waals surface area contributed by atoms with Crippen molar-refractivity contribution in [3.63, 3.8) is 0 Å². The molecule has 0 amide bonds. The largest absolute Gasteiger partial charge is 0.508 e. The van der Waals surface area contributed by atoms with Crippen LogP contribution in [0.3, 0.4) is 0 Å². The van der Waals surface area contributed by atoms with E-state index in [1.54, 1.807) is 0 Å². The summed E-state index contributed by atoms with van der Waals surface area (Å²) in [5.74, 6) is -3.29. The van der Waals surface area contributed by atoms with Gasteiger partial charge < -0.3 is 20.1 Å². The van der Waals surface area contributed by atoms with E-state index in [1.165, 1.54) is 6.20 Å². The predicted octanol–water partition coefficient (Wildman–Crippen LogP) is 4.64. The fourth-order valence-electron chi connectivity index (χ4n) is 7.21. The third kappa shape index (κ3) is 4.53. The molecule has 2 unspecified atom stereocenters. The second-order valence-corrected chi connectivity index (χ2v) is 11.6. The van der Waals surface area contributed by atoms with Crippen LogP contribution in [0.4, 0.5) is 27.8 Å². The number of anilines is 1. The number of rotatable bonds is 5. The quantitative estimate of drug-likeness (QED) is 0.425. The molecule has 6 heterocycles. The van der Waals surface area contributed by atoms with Gasteiger partial charge >= 0.3 is 12.2 Å². The van der Waals surface area contributed by atoms with Gasteiger partial charge in [-0.05, 0) is 57.7 Å². The number of nitrogens with one attached hydrogen (secondary N) is 1. The maximum absolute atomic E-state index is 16.2. The number of piperazine rings is 1. The van der Waals surface area contributed by atoms with Crippen molar-refractivity contribution in [2.24, 2.45) is 0 Å². The Labute approximate surface area is 232 Å². The number of fused-ring (bicyclic) bond motifs is 4. The fourth-order valence-corrected chi connectivity index (χ4v) is 7.21. The maximum atomic E-state index is 16.2. The smallest absolute Gasteiger partial charge is 0.419 e. The lowest BCUT2D eigenvalue weighted by Gasteiger charge is -2.34. The number of phenols is 1. The highest BCUT2D eigenvalue weighted by Crippen LogP contribution is 2.43. The third-order valence-corrected chi connectivity index (χ3v) is 9.05. The first-order valence-corrected chi connectivity index (χ1v) is 14.0. The highest BCUT2D eigenvalue weighted by atomic mass is 19.4. The molecule has 0 aliphatic carbocycles. The van der Waals surface area contributed by atoms with Crippen LogP contribution >= 0.6 is 0 Å². The van der Waals surface area contributed by atoms with Crippen LogP contribution < -0.4 is 15.0 Å². The number of halogens is 5. The van der Waals surface area contributed by atoms with Crippen molar-refractivity contribution in [3.05, 3.63) is 35.5 Å². The number of aromatic nitrogens is 3. The third-order valence-electron chi connectivity index (χ3n) is 9.05. The van der Waals surface area contributed by atoms with Crippen LogP contribution in [0.15, 0.2) is 18.3 Å². The van der Waals surface area contributed by atoms with Crippen molar-refractivity contribution >= 4 is 16.7 Å². The SMILES string of the molecule is Oc1cc(F)c(C(F)(F)F)c(-c2ncc3c(N4CC5CCC(C4)N5)nc(OCC45CCCN4CCC5)nc3c2F)c1. The van der Waals surface area contributed by atoms with Crippen LogP contribution in [0.25, 0.3) is 22.2 Å². The molecule has 7 rings (SSSR count). The lowest BCUT2D eigenvalue weighted by atomic mass is 9.95. The van der Waals surface area contributed by atoms with Gasteiger partial charge in [0.2, 0.25) is 0 Å². The summed E-state index contributed by atoms with van der Waals surface area (Å²) in [4.78, 5) is 17.4. The van der Waals surface area contributed by atoms with Crippen LogP contribution in [0, 0.1) is 11.6 Å². The molecule has 0 radical (unpaired) electrons. The summed E-state index contributed by atoms with van der Waals surface area (Å²) >= 11 is 0. The zero-order valence-corrected chi connectivity index (χ0v) is 22.1. The molecule has 2 bridgehead atoms. The van der Waals surface area contributed by atoms with Crippen LogP contribution in [-0.2, 0) is 6.18 Å². The van der Waals surface area contributed by atoms with E-state index >= 15 is 4.39 Å². The van der Waals surface area contributed by atoms with Gasteiger partial charge in [0.25, 0.3) is 0 Å². The molecule has 0 spiro atoms. The minimum Gasteiger partial charge on any atom is -0.508 e. The average Bonchev–Trinajstić information content (AvgIpc) is 3.59. The van der Waals surface area contributed by atoms with Crippen molar-refractivity contribution in [2.45, 2.75) is 62.3 Å². The molecular weight excluding hydrogens is 547 g/mol. The molecule has 3 aromatic rings. The number of benzene rings is 1. The van der Waals surface area contributed by atoms with E-state index in [2.05, 4.69) is 25.2 Å². The average molecular weight is 577 g/mol. The van der Waals surface area contributed by atoms with E-state index in [1.807, 2.05) is 4.90 Å². The lowest BCUT2D eigenvalue weighted by molar-refractivity contribution is -0.139. The number of phenolic OH excluding ortho intramolecular Hbond substituents is 1. The standard InChI is InChI=1S/C28H29F5N6O2/c29-20-10-17(40)9-18(21(20)28(31,32)33)23-22(30)24-19(11-34-23)25(38-12-15-3-4-16(13-38)35-15)37-26(36-24)41-14-27-5-1-7-39(27)8-2-6-27/h9-11,15-16,35,40H,1-8,12-14H2. The van der Waals surface area contributed by atoms with E-state index in [0.29, 0.717) is 37.6 Å². The molecule has 0 saturated carbocycles. The van der Waals surface area contributed by atoms with Crippen molar-refractivity contribution in [3.8, 4) is 23.0 Å². The zero-order valence-electron chi connectivity index (χ0n) is 22.1. The molecule has 2 aromatic heterocycles.